The molecule has 1 aromatic rings. The van der Waals surface area contributed by atoms with E-state index in [0.29, 0.717) is 18.5 Å². The number of hydrogen-bond acceptors (Lipinski definition) is 7. The Morgan fingerprint density at radius 1 is 1.12 bits per heavy atom. The number of benzene rings is 1. The maximum atomic E-state index is 12.8. The largest absolute Gasteiger partial charge is 0.372 e. The van der Waals surface area contributed by atoms with Crippen LogP contribution in [0.2, 0.25) is 0 Å². The van der Waals surface area contributed by atoms with Crippen LogP contribution in [0.15, 0.2) is 57.4 Å². The maximum Gasteiger partial charge on any atom is 0.304 e. The highest BCUT2D eigenvalue weighted by Gasteiger charge is 2.34. The van der Waals surface area contributed by atoms with E-state index in [-0.39, 0.29) is 4.90 Å². The molecule has 25 heavy (non-hydrogen) atoms. The van der Waals surface area contributed by atoms with Gasteiger partial charge < -0.3 is 4.90 Å². The Kier molecular flexibility index (Phi) is 5.63. The van der Waals surface area contributed by atoms with Crippen LogP contribution in [0.3, 0.4) is 0 Å². The molecular weight excluding hydrogens is 368 g/mol. The van der Waals surface area contributed by atoms with E-state index in [4.69, 9.17) is 0 Å². The number of rotatable bonds is 6. The topological polar surface area (TPSA) is 115 Å². The van der Waals surface area contributed by atoms with Crippen LogP contribution in [0, 0.1) is 10.1 Å². The number of likely N-dealkylation sites (tertiary alicyclic amines) is 1. The number of hydrogen-bond donors (Lipinski definition) is 0. The molecule has 1 saturated heterocycles. The third-order valence-electron chi connectivity index (χ3n) is 3.56. The Hall–Kier alpha value is -2.20. The lowest BCUT2D eigenvalue weighted by Crippen LogP contribution is -2.19. The average molecular weight is 386 g/mol. The fourth-order valence-electron chi connectivity index (χ4n) is 2.43. The van der Waals surface area contributed by atoms with E-state index in [9.17, 15) is 26.9 Å². The van der Waals surface area contributed by atoms with Crippen molar-refractivity contribution in [3.8, 4) is 0 Å². The molecule has 2 rings (SSSR count). The zero-order chi connectivity index (χ0) is 18.7. The molecule has 1 aliphatic heterocycles. The van der Waals surface area contributed by atoms with Gasteiger partial charge in [0.25, 0.3) is 0 Å². The van der Waals surface area contributed by atoms with Gasteiger partial charge in [-0.2, -0.15) is 0 Å². The van der Waals surface area contributed by atoms with Crippen molar-refractivity contribution < 1.29 is 21.8 Å². The lowest BCUT2D eigenvalue weighted by molar-refractivity contribution is -0.420. The van der Waals surface area contributed by atoms with E-state index in [0.717, 1.165) is 25.3 Å². The molecule has 1 aromatic carbocycles. The minimum absolute atomic E-state index is 0.209. The smallest absolute Gasteiger partial charge is 0.304 e. The van der Waals surface area contributed by atoms with E-state index >= 15 is 0 Å². The van der Waals surface area contributed by atoms with Crippen molar-refractivity contribution in [2.45, 2.75) is 17.7 Å². The van der Waals surface area contributed by atoms with Gasteiger partial charge in [-0.3, -0.25) is 10.1 Å². The van der Waals surface area contributed by atoms with Crippen molar-refractivity contribution in [1.82, 2.24) is 4.90 Å². The summed E-state index contributed by atoms with van der Waals surface area (Å²) in [6.45, 7) is 1.10. The second-order valence-corrected chi connectivity index (χ2v) is 9.46. The van der Waals surface area contributed by atoms with Crippen LogP contribution in [0.25, 0.3) is 0 Å². The molecule has 136 valence electrons. The highest BCUT2D eigenvalue weighted by Crippen LogP contribution is 2.27. The van der Waals surface area contributed by atoms with Crippen molar-refractivity contribution in [1.29, 1.82) is 0 Å². The van der Waals surface area contributed by atoms with E-state index in [1.807, 2.05) is 0 Å². The van der Waals surface area contributed by atoms with Crippen molar-refractivity contribution in [2.75, 3.05) is 19.3 Å². The molecule has 8 nitrogen and oxygen atoms in total. The Balaban J connectivity index is 2.67. The van der Waals surface area contributed by atoms with Gasteiger partial charge in [0.05, 0.1) is 21.4 Å². The van der Waals surface area contributed by atoms with Gasteiger partial charge in [0, 0.05) is 19.3 Å². The molecule has 0 N–H and O–H groups in total. The first kappa shape index (κ1) is 19.1. The minimum Gasteiger partial charge on any atom is -0.372 e. The van der Waals surface area contributed by atoms with Gasteiger partial charge >= 0.3 is 5.70 Å². The van der Waals surface area contributed by atoms with Crippen LogP contribution < -0.4 is 0 Å². The molecule has 0 spiro atoms. The standard InChI is InChI=1S/C15H18N2O6S2/c1-24(20,21)12-15(25(22,23)13-7-3-2-4-8-13)14(17(18)19)11-16-9-5-6-10-16/h2-4,7-8,11-12H,5-6,9-10H2,1H3/b14-11+,15-12+. The molecule has 1 heterocycles. The molecule has 0 atom stereocenters. The third kappa shape index (κ3) is 4.89. The van der Waals surface area contributed by atoms with E-state index in [1.54, 1.807) is 11.0 Å². The van der Waals surface area contributed by atoms with Gasteiger partial charge in [-0.15, -0.1) is 0 Å². The molecular formula is C15H18N2O6S2. The summed E-state index contributed by atoms with van der Waals surface area (Å²) >= 11 is 0. The highest BCUT2D eigenvalue weighted by atomic mass is 32.2. The van der Waals surface area contributed by atoms with Gasteiger partial charge in [0.2, 0.25) is 9.84 Å². The molecule has 0 bridgehead atoms. The first-order valence-electron chi connectivity index (χ1n) is 7.44. The van der Waals surface area contributed by atoms with Crippen LogP contribution in [0.5, 0.6) is 0 Å². The van der Waals surface area contributed by atoms with Crippen LogP contribution in [0.1, 0.15) is 12.8 Å². The fourth-order valence-corrected chi connectivity index (χ4v) is 5.14. The summed E-state index contributed by atoms with van der Waals surface area (Å²) in [4.78, 5) is 11.2. The average Bonchev–Trinajstić information content (AvgIpc) is 3.03. The quantitative estimate of drug-likeness (QED) is 0.414. The second kappa shape index (κ2) is 7.36. The Bertz CT molecular complexity index is 912. The molecule has 10 heteroatoms. The summed E-state index contributed by atoms with van der Waals surface area (Å²) < 4.78 is 49.0. The third-order valence-corrected chi connectivity index (χ3v) is 6.17. The molecule has 0 saturated carbocycles. The predicted octanol–water partition coefficient (Wildman–Crippen LogP) is 1.56. The first-order chi connectivity index (χ1) is 11.6. The van der Waals surface area contributed by atoms with Crippen LogP contribution in [-0.2, 0) is 19.7 Å². The van der Waals surface area contributed by atoms with Gasteiger partial charge in [0.1, 0.15) is 0 Å². The second-order valence-electron chi connectivity index (χ2n) is 5.64. The van der Waals surface area contributed by atoms with Crippen molar-refractivity contribution >= 4 is 19.7 Å². The molecule has 0 radical (unpaired) electrons. The van der Waals surface area contributed by atoms with Crippen molar-refractivity contribution in [2.24, 2.45) is 0 Å². The normalized spacial score (nSPS) is 16.9. The van der Waals surface area contributed by atoms with Crippen LogP contribution in [0.4, 0.5) is 0 Å². The van der Waals surface area contributed by atoms with E-state index < -0.39 is 35.2 Å². The molecule has 0 aromatic heterocycles. The van der Waals surface area contributed by atoms with E-state index in [2.05, 4.69) is 0 Å². The minimum atomic E-state index is -4.37. The first-order valence-corrected chi connectivity index (χ1v) is 10.9. The van der Waals surface area contributed by atoms with Crippen molar-refractivity contribution in [3.63, 3.8) is 0 Å². The van der Waals surface area contributed by atoms with Crippen LogP contribution in [-0.4, -0.2) is 46.0 Å². The summed E-state index contributed by atoms with van der Waals surface area (Å²) in [7, 11) is -8.31. The Morgan fingerprint density at radius 2 is 1.68 bits per heavy atom. The lowest BCUT2D eigenvalue weighted by Gasteiger charge is -2.13. The Morgan fingerprint density at radius 3 is 2.16 bits per heavy atom. The lowest BCUT2D eigenvalue weighted by atomic mass is 10.4. The zero-order valence-electron chi connectivity index (χ0n) is 13.5. The molecule has 1 fully saturated rings. The van der Waals surface area contributed by atoms with Crippen LogP contribution >= 0.6 is 0 Å². The number of nitrogens with zero attached hydrogens (tertiary/aromatic N) is 2. The van der Waals surface area contributed by atoms with Gasteiger partial charge in [-0.25, -0.2) is 16.8 Å². The Labute approximate surface area is 146 Å². The fraction of sp³-hybridized carbons (Fsp3) is 0.333. The maximum absolute atomic E-state index is 12.8. The van der Waals surface area contributed by atoms with Gasteiger partial charge in [-0.05, 0) is 25.0 Å². The summed E-state index contributed by atoms with van der Waals surface area (Å²) in [6.07, 6.45) is 3.57. The molecule has 1 aliphatic rings. The molecule has 0 aliphatic carbocycles. The number of sulfone groups is 2. The molecule has 0 unspecified atom stereocenters. The monoisotopic (exact) mass is 386 g/mol. The molecule has 0 amide bonds. The van der Waals surface area contributed by atoms with E-state index in [1.165, 1.54) is 24.3 Å². The summed E-state index contributed by atoms with van der Waals surface area (Å²) in [5.74, 6) is 0. The summed E-state index contributed by atoms with van der Waals surface area (Å²) in [5, 5.41) is 11.9. The van der Waals surface area contributed by atoms with Gasteiger partial charge in [-0.1, -0.05) is 18.2 Å². The number of nitro groups is 1. The summed E-state index contributed by atoms with van der Waals surface area (Å²) in [5.41, 5.74) is -0.754. The van der Waals surface area contributed by atoms with Gasteiger partial charge in [0.15, 0.2) is 14.7 Å². The predicted molar refractivity (Wildman–Crippen MR) is 92.4 cm³/mol. The SMILES string of the molecule is CS(=O)(=O)/C=C(\C(=C/N1CCCC1)[N+](=O)[O-])S(=O)(=O)c1ccccc1. The highest BCUT2D eigenvalue weighted by molar-refractivity contribution is 7.98. The zero-order valence-corrected chi connectivity index (χ0v) is 15.2. The van der Waals surface area contributed by atoms with Crippen molar-refractivity contribution in [3.05, 3.63) is 62.7 Å². The summed E-state index contributed by atoms with van der Waals surface area (Å²) in [6, 6.07) is 7.03.